The Kier molecular flexibility index (Phi) is 10.0. The molecule has 0 aliphatic rings. The maximum absolute atomic E-state index is 10.2. The number of hydrogen-bond donors (Lipinski definition) is 0. The van der Waals surface area contributed by atoms with Gasteiger partial charge in [0.1, 0.15) is 6.29 Å². The van der Waals surface area contributed by atoms with Gasteiger partial charge in [0.2, 0.25) is 0 Å². The number of rotatable bonds is 9. The van der Waals surface area contributed by atoms with Gasteiger partial charge in [-0.1, -0.05) is 51.7 Å². The monoisotopic (exact) mass is 196 g/mol. The van der Waals surface area contributed by atoms with E-state index in [0.717, 1.165) is 6.29 Å². The van der Waals surface area contributed by atoms with Crippen LogP contribution in [0.25, 0.3) is 0 Å². The van der Waals surface area contributed by atoms with Gasteiger partial charge in [-0.05, 0) is 18.8 Å². The summed E-state index contributed by atoms with van der Waals surface area (Å²) < 4.78 is 0. The highest BCUT2D eigenvalue weighted by molar-refractivity contribution is 5.50. The van der Waals surface area contributed by atoms with Gasteiger partial charge in [-0.15, -0.1) is 0 Å². The zero-order valence-corrected chi connectivity index (χ0v) is 9.67. The van der Waals surface area contributed by atoms with Crippen LogP contribution >= 0.6 is 0 Å². The van der Waals surface area contributed by atoms with Gasteiger partial charge < -0.3 is 4.79 Å². The second-order valence-corrected chi connectivity index (χ2v) is 4.01. The number of hydrogen-bond acceptors (Lipinski definition) is 1. The van der Waals surface area contributed by atoms with Crippen molar-refractivity contribution in [3.63, 3.8) is 0 Å². The third-order valence-electron chi connectivity index (χ3n) is 2.41. The van der Waals surface area contributed by atoms with Crippen molar-refractivity contribution in [1.29, 1.82) is 0 Å². The molecule has 0 aromatic heterocycles. The fourth-order valence-electron chi connectivity index (χ4n) is 1.42. The van der Waals surface area contributed by atoms with E-state index in [-0.39, 0.29) is 0 Å². The Labute approximate surface area is 88.6 Å². The van der Waals surface area contributed by atoms with Gasteiger partial charge >= 0.3 is 0 Å². The molecule has 0 amide bonds. The topological polar surface area (TPSA) is 17.1 Å². The molecule has 0 fully saturated rings. The molecule has 14 heavy (non-hydrogen) atoms. The Bertz CT molecular complexity index is 149. The van der Waals surface area contributed by atoms with E-state index in [1.165, 1.54) is 38.5 Å². The lowest BCUT2D eigenvalue weighted by atomic mass is 10.1. The summed E-state index contributed by atoms with van der Waals surface area (Å²) in [6.45, 7) is 4.32. The van der Waals surface area contributed by atoms with Gasteiger partial charge in [-0.25, -0.2) is 0 Å². The van der Waals surface area contributed by atoms with Crippen molar-refractivity contribution in [1.82, 2.24) is 0 Å². The van der Waals surface area contributed by atoms with Crippen LogP contribution in [0.3, 0.4) is 0 Å². The van der Waals surface area contributed by atoms with Crippen LogP contribution in [0.5, 0.6) is 0 Å². The normalized spacial score (nSPS) is 13.3. The molecule has 82 valence electrons. The summed E-state index contributed by atoms with van der Waals surface area (Å²) in [6.07, 6.45) is 13.9. The van der Waals surface area contributed by atoms with E-state index in [2.05, 4.69) is 26.0 Å². The summed E-state index contributed by atoms with van der Waals surface area (Å²) >= 11 is 0. The first-order valence-electron chi connectivity index (χ1n) is 5.91. The molecule has 1 nitrogen and oxygen atoms in total. The molecule has 0 rings (SSSR count). The lowest BCUT2D eigenvalue weighted by Crippen LogP contribution is -1.89. The lowest BCUT2D eigenvalue weighted by molar-refractivity contribution is -0.108. The maximum Gasteiger partial charge on any atom is 0.120 e. The van der Waals surface area contributed by atoms with Crippen LogP contribution in [0.15, 0.2) is 12.2 Å². The molecular weight excluding hydrogens is 172 g/mol. The minimum atomic E-state index is 0.420. The summed E-state index contributed by atoms with van der Waals surface area (Å²) in [5.41, 5.74) is 0. The molecule has 0 N–H and O–H groups in total. The number of carbonyl (C=O) groups is 1. The fraction of sp³-hybridized carbons (Fsp3) is 0.769. The number of carbonyl (C=O) groups excluding carboxylic acids is 1. The van der Waals surface area contributed by atoms with E-state index in [1.807, 2.05) is 0 Å². The first-order valence-corrected chi connectivity index (χ1v) is 5.91. The number of unbranched alkanes of at least 4 members (excludes halogenated alkanes) is 5. The van der Waals surface area contributed by atoms with Crippen molar-refractivity contribution in [2.45, 2.75) is 58.8 Å². The van der Waals surface area contributed by atoms with Crippen LogP contribution in [-0.4, -0.2) is 6.29 Å². The third-order valence-corrected chi connectivity index (χ3v) is 2.41. The van der Waals surface area contributed by atoms with Crippen molar-refractivity contribution < 1.29 is 4.79 Å². The maximum atomic E-state index is 10.2. The van der Waals surface area contributed by atoms with Crippen LogP contribution in [0.4, 0.5) is 0 Å². The summed E-state index contributed by atoms with van der Waals surface area (Å²) in [6, 6.07) is 0. The largest absolute Gasteiger partial charge is 0.303 e. The Hall–Kier alpha value is -0.590. The van der Waals surface area contributed by atoms with Gasteiger partial charge in [-0.3, -0.25) is 0 Å². The van der Waals surface area contributed by atoms with Crippen LogP contribution < -0.4 is 0 Å². The predicted molar refractivity (Wildman–Crippen MR) is 62.4 cm³/mol. The van der Waals surface area contributed by atoms with Gasteiger partial charge in [0.15, 0.2) is 0 Å². The van der Waals surface area contributed by atoms with E-state index in [1.54, 1.807) is 0 Å². The average molecular weight is 196 g/mol. The minimum absolute atomic E-state index is 0.420. The molecule has 0 aliphatic heterocycles. The molecule has 1 atom stereocenters. The highest BCUT2D eigenvalue weighted by Gasteiger charge is 1.93. The first-order chi connectivity index (χ1) is 6.81. The van der Waals surface area contributed by atoms with E-state index in [4.69, 9.17) is 0 Å². The molecule has 0 aliphatic carbocycles. The molecule has 0 saturated heterocycles. The van der Waals surface area contributed by atoms with E-state index in [9.17, 15) is 4.79 Å². The molecule has 0 bridgehead atoms. The first kappa shape index (κ1) is 13.4. The van der Waals surface area contributed by atoms with E-state index < -0.39 is 0 Å². The summed E-state index contributed by atoms with van der Waals surface area (Å²) in [4.78, 5) is 10.2. The number of aldehydes is 1. The Morgan fingerprint density at radius 2 is 1.86 bits per heavy atom. The SMILES string of the molecule is CCCCCCC/C=C/C(C)CC=O. The zero-order chi connectivity index (χ0) is 10.6. The molecular formula is C13H24O. The molecule has 0 spiro atoms. The summed E-state index contributed by atoms with van der Waals surface area (Å²) in [7, 11) is 0. The Morgan fingerprint density at radius 1 is 1.14 bits per heavy atom. The van der Waals surface area contributed by atoms with Crippen LogP contribution in [0, 0.1) is 5.92 Å². The third kappa shape index (κ3) is 9.50. The fourth-order valence-corrected chi connectivity index (χ4v) is 1.42. The second kappa shape index (κ2) is 10.5. The molecule has 1 heteroatoms. The summed E-state index contributed by atoms with van der Waals surface area (Å²) in [5, 5.41) is 0. The van der Waals surface area contributed by atoms with Crippen LogP contribution in [0.2, 0.25) is 0 Å². The van der Waals surface area contributed by atoms with Crippen LogP contribution in [0.1, 0.15) is 58.8 Å². The smallest absolute Gasteiger partial charge is 0.120 e. The van der Waals surface area contributed by atoms with Crippen molar-refractivity contribution in [3.05, 3.63) is 12.2 Å². The summed E-state index contributed by atoms with van der Waals surface area (Å²) in [5.74, 6) is 0.420. The minimum Gasteiger partial charge on any atom is -0.303 e. The van der Waals surface area contributed by atoms with Gasteiger partial charge in [0, 0.05) is 6.42 Å². The number of allylic oxidation sites excluding steroid dienone is 2. The van der Waals surface area contributed by atoms with Crippen molar-refractivity contribution >= 4 is 6.29 Å². The highest BCUT2D eigenvalue weighted by atomic mass is 16.1. The molecule has 1 unspecified atom stereocenters. The Balaban J connectivity index is 3.21. The van der Waals surface area contributed by atoms with Crippen molar-refractivity contribution in [3.8, 4) is 0 Å². The van der Waals surface area contributed by atoms with Crippen molar-refractivity contribution in [2.75, 3.05) is 0 Å². The van der Waals surface area contributed by atoms with Crippen LogP contribution in [-0.2, 0) is 4.79 Å². The van der Waals surface area contributed by atoms with Gasteiger partial charge in [-0.2, -0.15) is 0 Å². The average Bonchev–Trinajstić information content (AvgIpc) is 2.17. The van der Waals surface area contributed by atoms with E-state index in [0.29, 0.717) is 12.3 Å². The second-order valence-electron chi connectivity index (χ2n) is 4.01. The quantitative estimate of drug-likeness (QED) is 0.308. The molecule has 0 saturated carbocycles. The zero-order valence-electron chi connectivity index (χ0n) is 9.67. The Morgan fingerprint density at radius 3 is 2.50 bits per heavy atom. The molecule has 0 aromatic carbocycles. The highest BCUT2D eigenvalue weighted by Crippen LogP contribution is 2.07. The molecule has 0 heterocycles. The molecule has 0 aromatic rings. The molecule has 0 radical (unpaired) electrons. The lowest BCUT2D eigenvalue weighted by Gasteiger charge is -1.99. The van der Waals surface area contributed by atoms with Gasteiger partial charge in [0.25, 0.3) is 0 Å². The van der Waals surface area contributed by atoms with Crippen molar-refractivity contribution in [2.24, 2.45) is 5.92 Å². The van der Waals surface area contributed by atoms with Gasteiger partial charge in [0.05, 0.1) is 0 Å². The van der Waals surface area contributed by atoms with E-state index >= 15 is 0 Å². The predicted octanol–water partition coefficient (Wildman–Crippen LogP) is 4.13. The standard InChI is InChI=1S/C13H24O/c1-3-4-5-6-7-8-9-10-13(2)11-12-14/h9-10,12-13H,3-8,11H2,1-2H3/b10-9+.